The number of anilines is 2. The van der Waals surface area contributed by atoms with Gasteiger partial charge in [-0.3, -0.25) is 4.79 Å². The van der Waals surface area contributed by atoms with Crippen LogP contribution in [0.1, 0.15) is 37.8 Å². The van der Waals surface area contributed by atoms with E-state index in [2.05, 4.69) is 0 Å². The van der Waals surface area contributed by atoms with Crippen LogP contribution in [0.5, 0.6) is 0 Å². The third kappa shape index (κ3) is 5.46. The fourth-order valence-corrected chi connectivity index (χ4v) is 3.29. The van der Waals surface area contributed by atoms with E-state index < -0.39 is 0 Å². The lowest BCUT2D eigenvalue weighted by atomic mass is 10.0. The molecule has 0 atom stereocenters. The van der Waals surface area contributed by atoms with Gasteiger partial charge in [-0.1, -0.05) is 26.0 Å². The predicted molar refractivity (Wildman–Crippen MR) is 110 cm³/mol. The molecule has 4 nitrogen and oxygen atoms in total. The van der Waals surface area contributed by atoms with Crippen molar-refractivity contribution < 1.29 is 9.18 Å². The van der Waals surface area contributed by atoms with Crippen molar-refractivity contribution in [3.05, 3.63) is 59.4 Å². The molecule has 0 fully saturated rings. The molecule has 27 heavy (non-hydrogen) atoms. The Balaban J connectivity index is 2.36. The Kier molecular flexibility index (Phi) is 7.22. The smallest absolute Gasteiger partial charge is 0.226 e. The maximum atomic E-state index is 13.3. The molecule has 0 saturated carbocycles. The van der Waals surface area contributed by atoms with E-state index in [-0.39, 0.29) is 17.6 Å². The van der Waals surface area contributed by atoms with E-state index >= 15 is 0 Å². The van der Waals surface area contributed by atoms with Gasteiger partial charge in [0.2, 0.25) is 5.91 Å². The third-order valence-electron chi connectivity index (χ3n) is 4.88. The zero-order chi connectivity index (χ0) is 20.0. The van der Waals surface area contributed by atoms with Crippen molar-refractivity contribution in [2.24, 2.45) is 5.92 Å². The molecule has 1 amide bonds. The van der Waals surface area contributed by atoms with Gasteiger partial charge in [0.05, 0.1) is 0 Å². The number of nitrogen functional groups attached to an aromatic ring is 1. The molecule has 2 N–H and O–H groups in total. The maximum absolute atomic E-state index is 13.3. The second-order valence-electron chi connectivity index (χ2n) is 7.12. The summed E-state index contributed by atoms with van der Waals surface area (Å²) < 4.78 is 13.3. The van der Waals surface area contributed by atoms with Crippen molar-refractivity contribution in [3.63, 3.8) is 0 Å². The normalized spacial score (nSPS) is 10.9. The van der Waals surface area contributed by atoms with Crippen LogP contribution in [0.2, 0.25) is 0 Å². The van der Waals surface area contributed by atoms with E-state index in [9.17, 15) is 9.18 Å². The molecule has 146 valence electrons. The highest BCUT2D eigenvalue weighted by atomic mass is 19.1. The summed E-state index contributed by atoms with van der Waals surface area (Å²) in [7, 11) is 3.95. The van der Waals surface area contributed by atoms with Crippen molar-refractivity contribution in [2.75, 3.05) is 24.7 Å². The summed E-state index contributed by atoms with van der Waals surface area (Å²) >= 11 is 0. The molecule has 0 heterocycles. The highest BCUT2D eigenvalue weighted by Gasteiger charge is 2.23. The zero-order valence-corrected chi connectivity index (χ0v) is 16.7. The quantitative estimate of drug-likeness (QED) is 0.698. The van der Waals surface area contributed by atoms with E-state index in [1.54, 1.807) is 12.1 Å². The third-order valence-corrected chi connectivity index (χ3v) is 4.88. The number of carbonyl (C=O) groups excluding carboxylic acids is 1. The molecule has 0 aliphatic carbocycles. The first-order chi connectivity index (χ1) is 12.8. The van der Waals surface area contributed by atoms with Crippen LogP contribution < -0.4 is 10.6 Å². The van der Waals surface area contributed by atoms with E-state index in [0.717, 1.165) is 29.7 Å². The van der Waals surface area contributed by atoms with Crippen LogP contribution in [0.15, 0.2) is 42.5 Å². The number of benzene rings is 2. The highest BCUT2D eigenvalue weighted by molar-refractivity contribution is 5.79. The summed E-state index contributed by atoms with van der Waals surface area (Å²) in [5.41, 5.74) is 9.61. The van der Waals surface area contributed by atoms with E-state index in [4.69, 9.17) is 5.73 Å². The topological polar surface area (TPSA) is 49.6 Å². The number of halogens is 1. The van der Waals surface area contributed by atoms with Gasteiger partial charge in [0.25, 0.3) is 0 Å². The van der Waals surface area contributed by atoms with E-state index in [1.165, 1.54) is 12.1 Å². The Hall–Kier alpha value is -2.56. The lowest BCUT2D eigenvalue weighted by Gasteiger charge is -2.29. The van der Waals surface area contributed by atoms with Gasteiger partial charge < -0.3 is 15.5 Å². The summed E-state index contributed by atoms with van der Waals surface area (Å²) in [6.45, 7) is 4.98. The van der Waals surface area contributed by atoms with Gasteiger partial charge in [-0.2, -0.15) is 0 Å². The molecule has 0 aliphatic rings. The Labute approximate surface area is 161 Å². The number of carbonyl (C=O) groups is 1. The number of nitrogens with zero attached hydrogens (tertiary/aromatic N) is 2. The van der Waals surface area contributed by atoms with Crippen molar-refractivity contribution in [2.45, 2.75) is 39.8 Å². The average Bonchev–Trinajstić information content (AvgIpc) is 2.63. The summed E-state index contributed by atoms with van der Waals surface area (Å²) in [6.07, 6.45) is 1.60. The molecule has 0 bridgehead atoms. The molecular weight excluding hydrogens is 341 g/mol. The first kappa shape index (κ1) is 20.7. The standard InChI is InChI=1S/C22H30FN3O/c1-5-17(6-2)22(27)26(14-16-7-9-19(23)10-8-16)15-18-13-20(24)11-12-21(18)25(3)4/h7-13,17H,5-6,14-15,24H2,1-4H3. The fourth-order valence-electron chi connectivity index (χ4n) is 3.29. The van der Waals surface area contributed by atoms with Crippen molar-refractivity contribution in [1.82, 2.24) is 4.90 Å². The van der Waals surface area contributed by atoms with Gasteiger partial charge in [0.1, 0.15) is 5.82 Å². The second-order valence-corrected chi connectivity index (χ2v) is 7.12. The molecule has 2 rings (SSSR count). The Morgan fingerprint density at radius 1 is 1.04 bits per heavy atom. The average molecular weight is 372 g/mol. The summed E-state index contributed by atoms with van der Waals surface area (Å²) in [5, 5.41) is 0. The number of hydrogen-bond donors (Lipinski definition) is 1. The van der Waals surface area contributed by atoms with Gasteiger partial charge in [-0.05, 0) is 54.3 Å². The minimum absolute atomic E-state index is 0.0192. The minimum atomic E-state index is -0.276. The van der Waals surface area contributed by atoms with Gasteiger partial charge in [-0.25, -0.2) is 4.39 Å². The summed E-state index contributed by atoms with van der Waals surface area (Å²) in [6, 6.07) is 12.1. The minimum Gasteiger partial charge on any atom is -0.399 e. The lowest BCUT2D eigenvalue weighted by molar-refractivity contribution is -0.137. The molecule has 5 heteroatoms. The van der Waals surface area contributed by atoms with Crippen LogP contribution >= 0.6 is 0 Å². The summed E-state index contributed by atoms with van der Waals surface area (Å²) in [5.74, 6) is -0.173. The van der Waals surface area contributed by atoms with Crippen LogP contribution in [-0.4, -0.2) is 24.9 Å². The van der Waals surface area contributed by atoms with E-state index in [0.29, 0.717) is 18.8 Å². The van der Waals surface area contributed by atoms with Crippen LogP contribution in [0.4, 0.5) is 15.8 Å². The largest absolute Gasteiger partial charge is 0.399 e. The molecule has 2 aromatic carbocycles. The summed E-state index contributed by atoms with van der Waals surface area (Å²) in [4.78, 5) is 17.0. The molecule has 2 aromatic rings. The Morgan fingerprint density at radius 3 is 2.22 bits per heavy atom. The van der Waals surface area contributed by atoms with E-state index in [1.807, 2.05) is 55.9 Å². The number of amides is 1. The molecule has 0 saturated heterocycles. The lowest BCUT2D eigenvalue weighted by Crippen LogP contribution is -2.35. The van der Waals surface area contributed by atoms with Crippen LogP contribution in [0.25, 0.3) is 0 Å². The molecule has 0 spiro atoms. The maximum Gasteiger partial charge on any atom is 0.226 e. The number of rotatable bonds is 8. The van der Waals surface area contributed by atoms with Crippen molar-refractivity contribution in [1.29, 1.82) is 0 Å². The van der Waals surface area contributed by atoms with Crippen LogP contribution in [0, 0.1) is 11.7 Å². The Morgan fingerprint density at radius 2 is 1.67 bits per heavy atom. The fraction of sp³-hybridized carbons (Fsp3) is 0.409. The molecule has 0 aliphatic heterocycles. The number of hydrogen-bond acceptors (Lipinski definition) is 3. The zero-order valence-electron chi connectivity index (χ0n) is 16.7. The highest BCUT2D eigenvalue weighted by Crippen LogP contribution is 2.25. The predicted octanol–water partition coefficient (Wildman–Crippen LogP) is 4.44. The van der Waals surface area contributed by atoms with Crippen LogP contribution in [0.3, 0.4) is 0 Å². The molecule has 0 unspecified atom stereocenters. The van der Waals surface area contributed by atoms with Crippen LogP contribution in [-0.2, 0) is 17.9 Å². The van der Waals surface area contributed by atoms with Crippen molar-refractivity contribution >= 4 is 17.3 Å². The molecule has 0 aromatic heterocycles. The number of nitrogens with two attached hydrogens (primary N) is 1. The molecular formula is C22H30FN3O. The second kappa shape index (κ2) is 9.40. The first-order valence-electron chi connectivity index (χ1n) is 9.44. The molecule has 0 radical (unpaired) electrons. The van der Waals surface area contributed by atoms with Gasteiger partial charge in [0.15, 0.2) is 0 Å². The van der Waals surface area contributed by atoms with Crippen molar-refractivity contribution in [3.8, 4) is 0 Å². The monoisotopic (exact) mass is 371 g/mol. The van der Waals surface area contributed by atoms with Gasteiger partial charge >= 0.3 is 0 Å². The van der Waals surface area contributed by atoms with Gasteiger partial charge in [0, 0.05) is 44.5 Å². The first-order valence-corrected chi connectivity index (χ1v) is 9.44. The van der Waals surface area contributed by atoms with Gasteiger partial charge in [-0.15, -0.1) is 0 Å². The SMILES string of the molecule is CCC(CC)C(=O)N(Cc1ccc(F)cc1)Cc1cc(N)ccc1N(C)C. The Bertz CT molecular complexity index is 755.